The minimum atomic E-state index is -0.981. The van der Waals surface area contributed by atoms with Crippen molar-refractivity contribution in [1.82, 2.24) is 16.0 Å². The maximum atomic E-state index is 13.6. The van der Waals surface area contributed by atoms with Crippen molar-refractivity contribution in [3.05, 3.63) is 0 Å². The molecule has 44 heavy (non-hydrogen) atoms. The molecule has 0 spiro atoms. The van der Waals surface area contributed by atoms with Crippen LogP contribution in [0.1, 0.15) is 152 Å². The molecule has 9 heteroatoms. The van der Waals surface area contributed by atoms with Gasteiger partial charge >= 0.3 is 12.0 Å². The topological polar surface area (TPSA) is 126 Å². The Labute approximate surface area is 267 Å². The molecule has 0 bridgehead atoms. The highest BCUT2D eigenvalue weighted by molar-refractivity contribution is 5.83. The second kappa shape index (κ2) is 17.7. The standard InChI is InChI=1S/C35H65N3O6/c1-9-10-11-12-13-14-15-16-17-22-28(33(2,3)4)38-32(42)37-26-21-19-18-20-25(26)27(23-29(39)40)36-31(41)30-34(5,6)24-43-35(7,8)44-30/h25-28,30H,9-24H2,1-8H3,(H,36,41)(H,39,40)(H2,37,38,42). The molecule has 1 aliphatic heterocycles. The van der Waals surface area contributed by atoms with Crippen molar-refractivity contribution in [1.29, 1.82) is 0 Å². The van der Waals surface area contributed by atoms with Gasteiger partial charge in [-0.2, -0.15) is 0 Å². The van der Waals surface area contributed by atoms with E-state index in [1.165, 1.54) is 51.4 Å². The van der Waals surface area contributed by atoms with Crippen LogP contribution in [-0.2, 0) is 19.1 Å². The zero-order chi connectivity index (χ0) is 33.0. The van der Waals surface area contributed by atoms with Crippen LogP contribution < -0.4 is 16.0 Å². The number of hydrogen-bond donors (Lipinski definition) is 4. The van der Waals surface area contributed by atoms with Gasteiger partial charge in [0.25, 0.3) is 0 Å². The second-order valence-corrected chi connectivity index (χ2v) is 15.6. The van der Waals surface area contributed by atoms with E-state index < -0.39 is 29.3 Å². The van der Waals surface area contributed by atoms with Gasteiger partial charge in [-0.25, -0.2) is 4.79 Å². The third-order valence-corrected chi connectivity index (χ3v) is 9.46. The fourth-order valence-corrected chi connectivity index (χ4v) is 6.65. The van der Waals surface area contributed by atoms with Gasteiger partial charge in [0.15, 0.2) is 5.79 Å². The Hall–Kier alpha value is -1.87. The van der Waals surface area contributed by atoms with Gasteiger partial charge in [0, 0.05) is 29.5 Å². The van der Waals surface area contributed by atoms with Crippen LogP contribution in [-0.4, -0.2) is 59.6 Å². The van der Waals surface area contributed by atoms with E-state index in [0.717, 1.165) is 38.5 Å². The van der Waals surface area contributed by atoms with Gasteiger partial charge < -0.3 is 30.5 Å². The number of ether oxygens (including phenoxy) is 2. The predicted molar refractivity (Wildman–Crippen MR) is 175 cm³/mol. The van der Waals surface area contributed by atoms with E-state index in [0.29, 0.717) is 6.61 Å². The number of carbonyl (C=O) groups excluding carboxylic acids is 2. The molecule has 0 aromatic heterocycles. The molecule has 3 amide bonds. The van der Waals surface area contributed by atoms with Crippen LogP contribution in [0.4, 0.5) is 4.79 Å². The first-order valence-corrected chi connectivity index (χ1v) is 17.5. The molecule has 1 aliphatic carbocycles. The quantitative estimate of drug-likeness (QED) is 0.126. The van der Waals surface area contributed by atoms with Gasteiger partial charge in [0.05, 0.1) is 13.0 Å². The molecule has 1 saturated heterocycles. The number of rotatable bonds is 17. The van der Waals surface area contributed by atoms with Crippen LogP contribution in [0, 0.1) is 16.7 Å². The van der Waals surface area contributed by atoms with Crippen molar-refractivity contribution in [2.45, 2.75) is 182 Å². The lowest BCUT2D eigenvalue weighted by atomic mass is 9.78. The molecule has 4 N–H and O–H groups in total. The largest absolute Gasteiger partial charge is 0.481 e. The van der Waals surface area contributed by atoms with Crippen molar-refractivity contribution in [2.24, 2.45) is 16.7 Å². The molecular weight excluding hydrogens is 558 g/mol. The Bertz CT molecular complexity index is 899. The highest BCUT2D eigenvalue weighted by atomic mass is 16.7. The number of hydrogen-bond acceptors (Lipinski definition) is 5. The van der Waals surface area contributed by atoms with E-state index in [9.17, 15) is 19.5 Å². The van der Waals surface area contributed by atoms with Crippen LogP contribution in [0.3, 0.4) is 0 Å². The van der Waals surface area contributed by atoms with Crippen LogP contribution >= 0.6 is 0 Å². The normalized spacial score (nSPS) is 24.6. The van der Waals surface area contributed by atoms with Gasteiger partial charge in [-0.1, -0.05) is 112 Å². The van der Waals surface area contributed by atoms with E-state index in [4.69, 9.17) is 9.47 Å². The summed E-state index contributed by atoms with van der Waals surface area (Å²) in [5, 5.41) is 19.3. The Morgan fingerprint density at radius 3 is 2.07 bits per heavy atom. The van der Waals surface area contributed by atoms with Gasteiger partial charge in [0.1, 0.15) is 6.10 Å². The van der Waals surface area contributed by atoms with E-state index in [1.54, 1.807) is 13.8 Å². The first kappa shape index (κ1) is 38.3. The maximum Gasteiger partial charge on any atom is 0.315 e. The molecule has 5 atom stereocenters. The molecule has 2 fully saturated rings. The highest BCUT2D eigenvalue weighted by Crippen LogP contribution is 2.36. The van der Waals surface area contributed by atoms with Crippen LogP contribution in [0.25, 0.3) is 0 Å². The third-order valence-electron chi connectivity index (χ3n) is 9.46. The summed E-state index contributed by atoms with van der Waals surface area (Å²) in [4.78, 5) is 38.9. The SMILES string of the molecule is CCCCCCCCCCCC(NC(=O)NC1CCCCC1C(CC(=O)O)NC(=O)C1OC(C)(C)OCC1(C)C)C(C)(C)C. The molecule has 256 valence electrons. The number of urea groups is 1. The number of carboxylic acid groups (broad SMARTS) is 1. The lowest BCUT2D eigenvalue weighted by Gasteiger charge is -2.45. The van der Waals surface area contributed by atoms with Crippen LogP contribution in [0.15, 0.2) is 0 Å². The average Bonchev–Trinajstić information content (AvgIpc) is 2.92. The summed E-state index contributed by atoms with van der Waals surface area (Å²) in [6.45, 7) is 16.5. The predicted octanol–water partition coefficient (Wildman–Crippen LogP) is 7.32. The Kier molecular flexibility index (Phi) is 15.4. The summed E-state index contributed by atoms with van der Waals surface area (Å²) in [5.41, 5.74) is -0.665. The summed E-state index contributed by atoms with van der Waals surface area (Å²) < 4.78 is 11.8. The minimum Gasteiger partial charge on any atom is -0.481 e. The number of carbonyl (C=O) groups is 3. The third kappa shape index (κ3) is 13.2. The Morgan fingerprint density at radius 1 is 0.886 bits per heavy atom. The molecular formula is C35H65N3O6. The number of nitrogens with one attached hydrogen (secondary N) is 3. The van der Waals surface area contributed by atoms with Crippen LogP contribution in [0.5, 0.6) is 0 Å². The van der Waals surface area contributed by atoms with E-state index in [-0.39, 0.29) is 41.8 Å². The Balaban J connectivity index is 2.01. The van der Waals surface area contributed by atoms with Crippen molar-refractivity contribution in [3.8, 4) is 0 Å². The lowest BCUT2D eigenvalue weighted by molar-refractivity contribution is -0.304. The van der Waals surface area contributed by atoms with E-state index in [1.807, 2.05) is 13.8 Å². The summed E-state index contributed by atoms with van der Waals surface area (Å²) in [6, 6.07) is -1.05. The smallest absolute Gasteiger partial charge is 0.315 e. The molecule has 5 unspecified atom stereocenters. The molecule has 9 nitrogen and oxygen atoms in total. The first-order valence-electron chi connectivity index (χ1n) is 17.5. The van der Waals surface area contributed by atoms with Gasteiger partial charge in [-0.3, -0.25) is 9.59 Å². The summed E-state index contributed by atoms with van der Waals surface area (Å²) in [5.74, 6) is -2.42. The van der Waals surface area contributed by atoms with E-state index in [2.05, 4.69) is 43.6 Å². The van der Waals surface area contributed by atoms with Crippen molar-refractivity contribution in [3.63, 3.8) is 0 Å². The monoisotopic (exact) mass is 623 g/mol. The number of carboxylic acids is 1. The maximum absolute atomic E-state index is 13.6. The lowest BCUT2D eigenvalue weighted by Crippen LogP contribution is -2.60. The molecule has 0 aromatic rings. The summed E-state index contributed by atoms with van der Waals surface area (Å²) in [7, 11) is 0. The van der Waals surface area contributed by atoms with Gasteiger partial charge in [0.2, 0.25) is 5.91 Å². The molecule has 1 heterocycles. The van der Waals surface area contributed by atoms with Crippen molar-refractivity contribution in [2.75, 3.05) is 6.61 Å². The molecule has 0 aromatic carbocycles. The molecule has 2 rings (SSSR count). The minimum absolute atomic E-state index is 0.0277. The average molecular weight is 624 g/mol. The van der Waals surface area contributed by atoms with E-state index >= 15 is 0 Å². The van der Waals surface area contributed by atoms with Gasteiger partial charge in [-0.15, -0.1) is 0 Å². The molecule has 1 saturated carbocycles. The number of aliphatic carboxylic acids is 1. The zero-order valence-electron chi connectivity index (χ0n) is 29.2. The second-order valence-electron chi connectivity index (χ2n) is 15.6. The van der Waals surface area contributed by atoms with Crippen molar-refractivity contribution < 1.29 is 29.0 Å². The molecule has 0 radical (unpaired) electrons. The van der Waals surface area contributed by atoms with Gasteiger partial charge in [-0.05, 0) is 38.5 Å². The summed E-state index contributed by atoms with van der Waals surface area (Å²) >= 11 is 0. The highest BCUT2D eigenvalue weighted by Gasteiger charge is 2.47. The first-order chi connectivity index (χ1) is 20.6. The summed E-state index contributed by atoms with van der Waals surface area (Å²) in [6.07, 6.45) is 14.6. The molecule has 2 aliphatic rings. The Morgan fingerprint density at radius 2 is 1.48 bits per heavy atom. The fourth-order valence-electron chi connectivity index (χ4n) is 6.65. The van der Waals surface area contributed by atoms with Crippen molar-refractivity contribution >= 4 is 17.9 Å². The number of unbranched alkanes of at least 4 members (excludes halogenated alkanes) is 8. The number of amides is 3. The zero-order valence-corrected chi connectivity index (χ0v) is 29.2. The fraction of sp³-hybridized carbons (Fsp3) is 0.914. The van der Waals surface area contributed by atoms with Crippen LogP contribution in [0.2, 0.25) is 0 Å².